The molecule has 2 atom stereocenters. The standard InChI is InChI=1S/C32H40N6/c1-32(2,3)25-14-9-13-24(22-25)12-5-4-6-15-26(37-30(33)28-18-10-20-34-28)16-7-8-17-27-23-36-31(38-27)29-19-11-21-35-29/h4,6,9,13-15,22-23,28-29,34-35H,5,10-12,18-21H2,1-3H3,(H2,33,37)(H,36,38)/b6-4-,26-15-/t28-,29-/m0/s1. The highest BCUT2D eigenvalue weighted by molar-refractivity contribution is 5.87. The zero-order valence-corrected chi connectivity index (χ0v) is 22.9. The van der Waals surface area contributed by atoms with Crippen molar-refractivity contribution in [1.82, 2.24) is 20.6 Å². The second-order valence-corrected chi connectivity index (χ2v) is 11.0. The van der Waals surface area contributed by atoms with E-state index in [-0.39, 0.29) is 11.5 Å². The molecule has 5 N–H and O–H groups in total. The summed E-state index contributed by atoms with van der Waals surface area (Å²) in [5.74, 6) is 13.5. The number of nitrogens with one attached hydrogen (secondary N) is 3. The number of allylic oxidation sites excluding steroid dienone is 4. The number of H-pyrrole nitrogens is 1. The van der Waals surface area contributed by atoms with Gasteiger partial charge in [-0.3, -0.25) is 0 Å². The number of imidazole rings is 1. The number of amidine groups is 1. The van der Waals surface area contributed by atoms with E-state index in [4.69, 9.17) is 5.73 Å². The van der Waals surface area contributed by atoms with Gasteiger partial charge in [0.1, 0.15) is 23.1 Å². The van der Waals surface area contributed by atoms with Crippen LogP contribution in [0.5, 0.6) is 0 Å². The maximum absolute atomic E-state index is 6.29. The van der Waals surface area contributed by atoms with Crippen molar-refractivity contribution in [1.29, 1.82) is 0 Å². The predicted molar refractivity (Wildman–Crippen MR) is 157 cm³/mol. The maximum Gasteiger partial charge on any atom is 0.124 e. The van der Waals surface area contributed by atoms with Gasteiger partial charge in [-0.1, -0.05) is 57.2 Å². The molecular formula is C32H40N6. The lowest BCUT2D eigenvalue weighted by Crippen LogP contribution is -2.36. The molecule has 0 aliphatic carbocycles. The number of aromatic amines is 1. The lowest BCUT2D eigenvalue weighted by atomic mass is 9.86. The van der Waals surface area contributed by atoms with Gasteiger partial charge < -0.3 is 21.4 Å². The largest absolute Gasteiger partial charge is 0.386 e. The molecule has 0 saturated carbocycles. The molecular weight excluding hydrogens is 468 g/mol. The van der Waals surface area contributed by atoms with Gasteiger partial charge in [0.15, 0.2) is 0 Å². The van der Waals surface area contributed by atoms with Crippen molar-refractivity contribution < 1.29 is 0 Å². The molecule has 38 heavy (non-hydrogen) atoms. The first-order valence-electron chi connectivity index (χ1n) is 13.7. The zero-order valence-electron chi connectivity index (χ0n) is 22.9. The van der Waals surface area contributed by atoms with Crippen LogP contribution in [0.15, 0.2) is 59.4 Å². The fourth-order valence-corrected chi connectivity index (χ4v) is 4.65. The van der Waals surface area contributed by atoms with Crippen LogP contribution >= 0.6 is 0 Å². The molecule has 2 aliphatic heterocycles. The Balaban J connectivity index is 1.41. The van der Waals surface area contributed by atoms with Gasteiger partial charge in [-0.05, 0) is 97.9 Å². The van der Waals surface area contributed by atoms with E-state index in [9.17, 15) is 0 Å². The first kappa shape index (κ1) is 27.5. The smallest absolute Gasteiger partial charge is 0.124 e. The number of hydrogen-bond donors (Lipinski definition) is 4. The SMILES string of the molecule is CC(C)(C)c1cccc(CC\C=C/C=C(C#CC#Cc2cnc([C@@H]3CCCN3)[nH]2)\N=C(/N)[C@@H]2CCCN2)c1. The van der Waals surface area contributed by atoms with E-state index >= 15 is 0 Å². The van der Waals surface area contributed by atoms with Crippen LogP contribution in [0.3, 0.4) is 0 Å². The van der Waals surface area contributed by atoms with Gasteiger partial charge in [-0.25, -0.2) is 9.98 Å². The Bertz CT molecular complexity index is 1290. The quantitative estimate of drug-likeness (QED) is 0.189. The molecule has 4 rings (SSSR count). The summed E-state index contributed by atoms with van der Waals surface area (Å²) in [5, 5.41) is 6.83. The minimum atomic E-state index is 0.109. The summed E-state index contributed by atoms with van der Waals surface area (Å²) >= 11 is 0. The zero-order chi connectivity index (χ0) is 26.8. The average molecular weight is 509 g/mol. The van der Waals surface area contributed by atoms with E-state index in [2.05, 4.69) is 100 Å². The van der Waals surface area contributed by atoms with Gasteiger partial charge in [0.2, 0.25) is 0 Å². The lowest BCUT2D eigenvalue weighted by molar-refractivity contribution is 0.589. The van der Waals surface area contributed by atoms with Crippen molar-refractivity contribution >= 4 is 5.84 Å². The summed E-state index contributed by atoms with van der Waals surface area (Å²) in [5.41, 5.74) is 10.5. The van der Waals surface area contributed by atoms with Gasteiger partial charge in [-0.2, -0.15) is 0 Å². The Kier molecular flexibility index (Phi) is 9.60. The molecule has 198 valence electrons. The van der Waals surface area contributed by atoms with Crippen molar-refractivity contribution in [2.45, 2.75) is 76.8 Å². The van der Waals surface area contributed by atoms with Gasteiger partial charge >= 0.3 is 0 Å². The first-order chi connectivity index (χ1) is 18.4. The van der Waals surface area contributed by atoms with E-state index in [1.165, 1.54) is 17.5 Å². The molecule has 2 aliphatic rings. The number of hydrogen-bond acceptors (Lipinski definition) is 4. The molecule has 2 saturated heterocycles. The highest BCUT2D eigenvalue weighted by Crippen LogP contribution is 2.23. The first-order valence-corrected chi connectivity index (χ1v) is 13.7. The maximum atomic E-state index is 6.29. The highest BCUT2D eigenvalue weighted by atomic mass is 15.0. The van der Waals surface area contributed by atoms with Crippen LogP contribution in [-0.4, -0.2) is 34.9 Å². The molecule has 6 nitrogen and oxygen atoms in total. The Morgan fingerprint density at radius 2 is 2.00 bits per heavy atom. The summed E-state index contributed by atoms with van der Waals surface area (Å²) in [6.07, 6.45) is 14.1. The number of rotatable bonds is 7. The summed E-state index contributed by atoms with van der Waals surface area (Å²) in [6, 6.07) is 9.26. The normalized spacial score (nSPS) is 20.3. The highest BCUT2D eigenvalue weighted by Gasteiger charge is 2.19. The average Bonchev–Trinajstić information content (AvgIpc) is 3.68. The molecule has 0 bridgehead atoms. The molecule has 0 unspecified atom stereocenters. The van der Waals surface area contributed by atoms with Crippen LogP contribution < -0.4 is 16.4 Å². The molecule has 3 heterocycles. The molecule has 0 spiro atoms. The second-order valence-electron chi connectivity index (χ2n) is 11.0. The third-order valence-corrected chi connectivity index (χ3v) is 6.89. The molecule has 0 radical (unpaired) electrons. The Morgan fingerprint density at radius 3 is 2.76 bits per heavy atom. The Hall–Kier alpha value is -3.58. The van der Waals surface area contributed by atoms with Gasteiger partial charge in [0, 0.05) is 0 Å². The van der Waals surface area contributed by atoms with Crippen LogP contribution in [-0.2, 0) is 11.8 Å². The summed E-state index contributed by atoms with van der Waals surface area (Å²) in [6.45, 7) is 8.74. The van der Waals surface area contributed by atoms with Crippen LogP contribution in [0.1, 0.15) is 81.6 Å². The fraction of sp³-hybridized carbons (Fsp3) is 0.438. The summed E-state index contributed by atoms with van der Waals surface area (Å²) in [4.78, 5) is 12.4. The van der Waals surface area contributed by atoms with E-state index in [0.717, 1.165) is 56.7 Å². The topological polar surface area (TPSA) is 91.1 Å². The van der Waals surface area contributed by atoms with Gasteiger partial charge in [0.05, 0.1) is 18.3 Å². The van der Waals surface area contributed by atoms with Crippen LogP contribution in [0, 0.1) is 23.7 Å². The van der Waals surface area contributed by atoms with E-state index in [0.29, 0.717) is 17.6 Å². The monoisotopic (exact) mass is 508 g/mol. The van der Waals surface area contributed by atoms with Crippen LogP contribution in [0.25, 0.3) is 0 Å². The number of aliphatic imine (C=N–C) groups is 1. The summed E-state index contributed by atoms with van der Waals surface area (Å²) in [7, 11) is 0. The number of nitrogens with zero attached hydrogens (tertiary/aromatic N) is 2. The van der Waals surface area contributed by atoms with E-state index < -0.39 is 0 Å². The van der Waals surface area contributed by atoms with Gasteiger partial charge in [-0.15, -0.1) is 0 Å². The summed E-state index contributed by atoms with van der Waals surface area (Å²) < 4.78 is 0. The van der Waals surface area contributed by atoms with Crippen molar-refractivity contribution in [2.24, 2.45) is 10.7 Å². The van der Waals surface area contributed by atoms with Crippen molar-refractivity contribution in [3.63, 3.8) is 0 Å². The third-order valence-electron chi connectivity index (χ3n) is 6.89. The second kappa shape index (κ2) is 13.3. The van der Waals surface area contributed by atoms with Crippen molar-refractivity contribution in [3.05, 3.63) is 77.0 Å². The molecule has 6 heteroatoms. The van der Waals surface area contributed by atoms with Crippen molar-refractivity contribution in [2.75, 3.05) is 13.1 Å². The van der Waals surface area contributed by atoms with Gasteiger partial charge in [0.25, 0.3) is 0 Å². The number of aryl methyl sites for hydroxylation is 1. The van der Waals surface area contributed by atoms with Crippen LogP contribution in [0.4, 0.5) is 0 Å². The fourth-order valence-electron chi connectivity index (χ4n) is 4.65. The third kappa shape index (κ3) is 8.21. The minimum Gasteiger partial charge on any atom is -0.386 e. The minimum absolute atomic E-state index is 0.109. The number of benzene rings is 1. The molecule has 2 aromatic rings. The molecule has 1 aromatic carbocycles. The van der Waals surface area contributed by atoms with E-state index in [1.807, 2.05) is 12.2 Å². The lowest BCUT2D eigenvalue weighted by Gasteiger charge is -2.19. The Labute approximate surface area is 227 Å². The number of aromatic nitrogens is 2. The predicted octanol–water partition coefficient (Wildman–Crippen LogP) is 4.67. The molecule has 2 fully saturated rings. The van der Waals surface area contributed by atoms with E-state index in [1.54, 1.807) is 6.20 Å². The molecule has 1 aromatic heterocycles. The number of nitrogens with two attached hydrogens (primary N) is 1. The van der Waals surface area contributed by atoms with Crippen molar-refractivity contribution in [3.8, 4) is 23.7 Å². The Morgan fingerprint density at radius 1 is 1.16 bits per heavy atom. The van der Waals surface area contributed by atoms with Crippen LogP contribution in [0.2, 0.25) is 0 Å². The molecule has 0 amide bonds.